The summed E-state index contributed by atoms with van der Waals surface area (Å²) in [5.74, 6) is 3.00. The summed E-state index contributed by atoms with van der Waals surface area (Å²) in [5.41, 5.74) is 2.34. The molecule has 2 rings (SSSR count). The molecule has 0 radical (unpaired) electrons. The number of fused-ring (bicyclic) bond motifs is 1. The van der Waals surface area contributed by atoms with Crippen molar-refractivity contribution in [2.45, 2.75) is 6.42 Å². The van der Waals surface area contributed by atoms with Crippen LogP contribution in [0.2, 0.25) is 0 Å². The number of terminal acetylenes is 1. The Kier molecular flexibility index (Phi) is 1.68. The Morgan fingerprint density at radius 2 is 2.42 bits per heavy atom. The first kappa shape index (κ1) is 7.12. The Balaban J connectivity index is 2.23. The first-order chi connectivity index (χ1) is 5.92. The summed E-state index contributed by atoms with van der Waals surface area (Å²) >= 11 is 0. The molecule has 0 saturated carbocycles. The standard InChI is InChI=1S/C11H9N/c1-2-5-9-8-12-11-7-4-3-6-10(9)11/h1,3-4,6-8,10H,5H2. The second-order valence-electron chi connectivity index (χ2n) is 2.86. The van der Waals surface area contributed by atoms with Gasteiger partial charge < -0.3 is 0 Å². The van der Waals surface area contributed by atoms with E-state index < -0.39 is 0 Å². The lowest BCUT2D eigenvalue weighted by Crippen LogP contribution is -2.09. The molecule has 1 aliphatic heterocycles. The fourth-order valence-electron chi connectivity index (χ4n) is 1.48. The lowest BCUT2D eigenvalue weighted by atomic mass is 9.91. The molecule has 0 bridgehead atoms. The van der Waals surface area contributed by atoms with E-state index in [1.54, 1.807) is 0 Å². The van der Waals surface area contributed by atoms with Crippen molar-refractivity contribution in [3.63, 3.8) is 0 Å². The molecule has 1 nitrogen and oxygen atoms in total. The lowest BCUT2D eigenvalue weighted by Gasteiger charge is -2.11. The second kappa shape index (κ2) is 2.83. The highest BCUT2D eigenvalue weighted by Crippen LogP contribution is 2.26. The molecule has 0 aromatic rings. The van der Waals surface area contributed by atoms with E-state index in [4.69, 9.17) is 6.42 Å². The van der Waals surface area contributed by atoms with Gasteiger partial charge in [-0.15, -0.1) is 12.3 Å². The van der Waals surface area contributed by atoms with Crippen LogP contribution in [0.25, 0.3) is 0 Å². The first-order valence-corrected chi connectivity index (χ1v) is 3.97. The van der Waals surface area contributed by atoms with Crippen LogP contribution >= 0.6 is 0 Å². The molecule has 58 valence electrons. The van der Waals surface area contributed by atoms with Crippen LogP contribution in [0.5, 0.6) is 0 Å². The van der Waals surface area contributed by atoms with E-state index in [1.165, 1.54) is 5.57 Å². The van der Waals surface area contributed by atoms with Crippen molar-refractivity contribution in [1.82, 2.24) is 0 Å². The third-order valence-corrected chi connectivity index (χ3v) is 2.09. The first-order valence-electron chi connectivity index (χ1n) is 3.97. The number of allylic oxidation sites excluding steroid dienone is 5. The quantitative estimate of drug-likeness (QED) is 0.514. The van der Waals surface area contributed by atoms with Crippen LogP contribution in [-0.2, 0) is 0 Å². The minimum absolute atomic E-state index is 0.353. The molecule has 2 aliphatic rings. The van der Waals surface area contributed by atoms with E-state index in [2.05, 4.69) is 17.0 Å². The van der Waals surface area contributed by atoms with Crippen molar-refractivity contribution >= 4 is 5.71 Å². The van der Waals surface area contributed by atoms with Gasteiger partial charge in [-0.1, -0.05) is 18.2 Å². The van der Waals surface area contributed by atoms with Crippen LogP contribution in [-0.4, -0.2) is 5.71 Å². The van der Waals surface area contributed by atoms with Crippen molar-refractivity contribution in [2.75, 3.05) is 0 Å². The zero-order chi connectivity index (χ0) is 8.39. The average molecular weight is 155 g/mol. The van der Waals surface area contributed by atoms with E-state index >= 15 is 0 Å². The highest BCUT2D eigenvalue weighted by molar-refractivity contribution is 6.03. The maximum absolute atomic E-state index is 5.25. The van der Waals surface area contributed by atoms with Crippen LogP contribution in [0.4, 0.5) is 0 Å². The maximum atomic E-state index is 5.25. The molecule has 12 heavy (non-hydrogen) atoms. The highest BCUT2D eigenvalue weighted by Gasteiger charge is 2.20. The molecule has 0 amide bonds. The number of hydrogen-bond donors (Lipinski definition) is 0. The van der Waals surface area contributed by atoms with Gasteiger partial charge in [-0.25, -0.2) is 0 Å². The number of nitrogens with zero attached hydrogens (tertiary/aromatic N) is 1. The molecule has 0 aromatic carbocycles. The zero-order valence-corrected chi connectivity index (χ0v) is 6.70. The molecule has 1 heteroatoms. The van der Waals surface area contributed by atoms with Crippen LogP contribution in [0, 0.1) is 18.3 Å². The summed E-state index contributed by atoms with van der Waals surface area (Å²) in [4.78, 5) is 4.28. The SMILES string of the molecule is C#CCC1=CN=C2C=CC=CC12. The summed E-state index contributed by atoms with van der Waals surface area (Å²) in [6.07, 6.45) is 16.0. The Hall–Kier alpha value is -1.55. The highest BCUT2D eigenvalue weighted by atomic mass is 14.7. The Labute approximate surface area is 72.2 Å². The predicted octanol–water partition coefficient (Wildman–Crippen LogP) is 2.09. The number of rotatable bonds is 1. The fraction of sp³-hybridized carbons (Fsp3) is 0.182. The van der Waals surface area contributed by atoms with Crippen molar-refractivity contribution < 1.29 is 0 Å². The third kappa shape index (κ3) is 1.02. The van der Waals surface area contributed by atoms with E-state index in [1.807, 2.05) is 24.4 Å². The van der Waals surface area contributed by atoms with Gasteiger partial charge in [-0.2, -0.15) is 0 Å². The van der Waals surface area contributed by atoms with Crippen LogP contribution in [0.3, 0.4) is 0 Å². The molecule has 0 aromatic heterocycles. The molecule has 1 unspecified atom stereocenters. The lowest BCUT2D eigenvalue weighted by molar-refractivity contribution is 1.00. The number of aliphatic imine (C=N–C) groups is 1. The molecule has 0 N–H and O–H groups in total. The zero-order valence-electron chi connectivity index (χ0n) is 6.70. The molecule has 1 atom stereocenters. The van der Waals surface area contributed by atoms with E-state index in [0.29, 0.717) is 12.3 Å². The van der Waals surface area contributed by atoms with Gasteiger partial charge in [-0.05, 0) is 11.6 Å². The second-order valence-corrected chi connectivity index (χ2v) is 2.86. The fourth-order valence-corrected chi connectivity index (χ4v) is 1.48. The van der Waals surface area contributed by atoms with Gasteiger partial charge in [0.1, 0.15) is 0 Å². The van der Waals surface area contributed by atoms with Crippen LogP contribution in [0.15, 0.2) is 41.1 Å². The molecular weight excluding hydrogens is 146 g/mol. The summed E-state index contributed by atoms with van der Waals surface area (Å²) in [6.45, 7) is 0. The van der Waals surface area contributed by atoms with E-state index in [0.717, 1.165) is 5.71 Å². The summed E-state index contributed by atoms with van der Waals surface area (Å²) in [7, 11) is 0. The average Bonchev–Trinajstić information content (AvgIpc) is 2.50. The largest absolute Gasteiger partial charge is 0.260 e. The molecular formula is C11H9N. The van der Waals surface area contributed by atoms with Gasteiger partial charge in [0, 0.05) is 18.5 Å². The maximum Gasteiger partial charge on any atom is 0.0514 e. The van der Waals surface area contributed by atoms with Crippen molar-refractivity contribution in [3.05, 3.63) is 36.1 Å². The Morgan fingerprint density at radius 3 is 3.25 bits per heavy atom. The Morgan fingerprint density at radius 1 is 1.50 bits per heavy atom. The smallest absolute Gasteiger partial charge is 0.0514 e. The molecule has 1 heterocycles. The summed E-state index contributed by atoms with van der Waals surface area (Å²) in [6, 6.07) is 0. The summed E-state index contributed by atoms with van der Waals surface area (Å²) < 4.78 is 0. The third-order valence-electron chi connectivity index (χ3n) is 2.09. The Bertz CT molecular complexity index is 348. The molecule has 0 spiro atoms. The van der Waals surface area contributed by atoms with Crippen molar-refractivity contribution in [1.29, 1.82) is 0 Å². The minimum atomic E-state index is 0.353. The predicted molar refractivity (Wildman–Crippen MR) is 50.7 cm³/mol. The molecule has 0 saturated heterocycles. The molecule has 1 aliphatic carbocycles. The van der Waals surface area contributed by atoms with Gasteiger partial charge in [0.25, 0.3) is 0 Å². The normalized spacial score (nSPS) is 24.4. The van der Waals surface area contributed by atoms with Gasteiger partial charge in [-0.3, -0.25) is 4.99 Å². The monoisotopic (exact) mass is 155 g/mol. The van der Waals surface area contributed by atoms with E-state index in [9.17, 15) is 0 Å². The molecule has 0 fully saturated rings. The van der Waals surface area contributed by atoms with Gasteiger partial charge in [0.2, 0.25) is 0 Å². The van der Waals surface area contributed by atoms with Crippen molar-refractivity contribution in [2.24, 2.45) is 10.9 Å². The van der Waals surface area contributed by atoms with Gasteiger partial charge in [0.15, 0.2) is 0 Å². The topological polar surface area (TPSA) is 12.4 Å². The van der Waals surface area contributed by atoms with Crippen LogP contribution in [0.1, 0.15) is 6.42 Å². The minimum Gasteiger partial charge on any atom is -0.260 e. The van der Waals surface area contributed by atoms with E-state index in [-0.39, 0.29) is 0 Å². The number of hydrogen-bond acceptors (Lipinski definition) is 1. The van der Waals surface area contributed by atoms with Crippen LogP contribution < -0.4 is 0 Å². The summed E-state index contributed by atoms with van der Waals surface area (Å²) in [5, 5.41) is 0. The van der Waals surface area contributed by atoms with Gasteiger partial charge in [0.05, 0.1) is 5.71 Å². The van der Waals surface area contributed by atoms with Gasteiger partial charge >= 0.3 is 0 Å². The van der Waals surface area contributed by atoms with Crippen molar-refractivity contribution in [3.8, 4) is 12.3 Å².